The Morgan fingerprint density at radius 2 is 1.46 bits per heavy atom. The maximum absolute atomic E-state index is 11.8. The second-order valence-electron chi connectivity index (χ2n) is 6.63. The first-order chi connectivity index (χ1) is 12.4. The molecule has 26 heavy (non-hydrogen) atoms. The molecule has 0 spiro atoms. The van der Waals surface area contributed by atoms with Gasteiger partial charge in [-0.2, -0.15) is 0 Å². The Kier molecular flexibility index (Phi) is 14.4. The summed E-state index contributed by atoms with van der Waals surface area (Å²) in [5.74, 6) is -1.34. The van der Waals surface area contributed by atoms with E-state index in [-0.39, 0.29) is 43.2 Å². The van der Waals surface area contributed by atoms with Crippen LogP contribution in [-0.4, -0.2) is 41.1 Å². The highest BCUT2D eigenvalue weighted by Gasteiger charge is 2.19. The lowest BCUT2D eigenvalue weighted by Crippen LogP contribution is -2.40. The lowest BCUT2D eigenvalue weighted by molar-refractivity contribution is -0.142. The number of carboxylic acid groups (broad SMARTS) is 1. The van der Waals surface area contributed by atoms with Crippen molar-refractivity contribution in [3.63, 3.8) is 0 Å². The minimum Gasteiger partial charge on any atom is -0.480 e. The number of hydrogen-bond donors (Lipinski definition) is 3. The van der Waals surface area contributed by atoms with E-state index < -0.39 is 12.0 Å². The number of unbranched alkanes of at least 4 members (excludes halogenated alkanes) is 3. The molecule has 0 radical (unpaired) electrons. The van der Waals surface area contributed by atoms with E-state index >= 15 is 0 Å². The summed E-state index contributed by atoms with van der Waals surface area (Å²) in [5, 5.41) is 11.6. The van der Waals surface area contributed by atoms with Crippen molar-refractivity contribution >= 4 is 23.4 Å². The van der Waals surface area contributed by atoms with E-state index in [9.17, 15) is 19.2 Å². The van der Waals surface area contributed by atoms with Crippen LogP contribution in [0.1, 0.15) is 84.0 Å². The Bertz CT molecular complexity index is 451. The van der Waals surface area contributed by atoms with Gasteiger partial charge in [0.25, 0.3) is 0 Å². The van der Waals surface area contributed by atoms with Crippen molar-refractivity contribution in [2.45, 2.75) is 90.0 Å². The maximum atomic E-state index is 11.8. The van der Waals surface area contributed by atoms with E-state index in [0.29, 0.717) is 38.6 Å². The Balaban J connectivity index is 3.92. The standard InChI is InChI=1S/C19H34N2O5/c1-2-3-4-8-15(22)12-13-16(23)9-7-11-18(24)21-17(19(25)26)10-5-6-14-20/h17H,2-14,20H2,1H3,(H,21,24)(H,25,26)/t17-/m0/s1. The highest BCUT2D eigenvalue weighted by atomic mass is 16.4. The maximum Gasteiger partial charge on any atom is 0.326 e. The van der Waals surface area contributed by atoms with Crippen LogP contribution in [0.15, 0.2) is 0 Å². The van der Waals surface area contributed by atoms with E-state index in [4.69, 9.17) is 10.8 Å². The van der Waals surface area contributed by atoms with E-state index in [2.05, 4.69) is 12.2 Å². The number of Topliss-reactive ketones (excluding diaryl/α,β-unsaturated/α-hetero) is 2. The molecule has 1 amide bonds. The van der Waals surface area contributed by atoms with Crippen LogP contribution in [0, 0.1) is 0 Å². The summed E-state index contributed by atoms with van der Waals surface area (Å²) in [7, 11) is 0. The van der Waals surface area contributed by atoms with E-state index in [0.717, 1.165) is 19.3 Å². The highest BCUT2D eigenvalue weighted by molar-refractivity contribution is 5.86. The van der Waals surface area contributed by atoms with Gasteiger partial charge in [-0.05, 0) is 38.6 Å². The molecule has 0 aromatic carbocycles. The lowest BCUT2D eigenvalue weighted by Gasteiger charge is -2.14. The molecule has 0 rings (SSSR count). The van der Waals surface area contributed by atoms with Gasteiger partial charge in [-0.15, -0.1) is 0 Å². The number of carbonyl (C=O) groups excluding carboxylic acids is 3. The van der Waals surface area contributed by atoms with Crippen LogP contribution in [0.5, 0.6) is 0 Å². The number of hydrogen-bond acceptors (Lipinski definition) is 5. The van der Waals surface area contributed by atoms with Gasteiger partial charge in [0, 0.05) is 32.1 Å². The predicted octanol–water partition coefficient (Wildman–Crippen LogP) is 2.35. The summed E-state index contributed by atoms with van der Waals surface area (Å²) in [6.07, 6.45) is 6.40. The van der Waals surface area contributed by atoms with Gasteiger partial charge in [0.15, 0.2) is 0 Å². The fourth-order valence-corrected chi connectivity index (χ4v) is 2.56. The number of rotatable bonds is 17. The van der Waals surface area contributed by atoms with E-state index in [1.54, 1.807) is 0 Å². The Morgan fingerprint density at radius 1 is 0.846 bits per heavy atom. The largest absolute Gasteiger partial charge is 0.480 e. The Morgan fingerprint density at radius 3 is 2.00 bits per heavy atom. The fraction of sp³-hybridized carbons (Fsp3) is 0.789. The molecular weight excluding hydrogens is 336 g/mol. The minimum absolute atomic E-state index is 0.0284. The molecule has 0 aliphatic carbocycles. The van der Waals surface area contributed by atoms with Crippen molar-refractivity contribution in [1.29, 1.82) is 0 Å². The van der Waals surface area contributed by atoms with Gasteiger partial charge in [0.05, 0.1) is 0 Å². The van der Waals surface area contributed by atoms with Gasteiger partial charge in [-0.1, -0.05) is 19.8 Å². The molecule has 0 heterocycles. The van der Waals surface area contributed by atoms with Gasteiger partial charge >= 0.3 is 5.97 Å². The van der Waals surface area contributed by atoms with Gasteiger partial charge in [-0.3, -0.25) is 14.4 Å². The second kappa shape index (κ2) is 15.5. The number of aliphatic carboxylic acids is 1. The van der Waals surface area contributed by atoms with Crippen LogP contribution in [0.25, 0.3) is 0 Å². The number of carboxylic acids is 1. The topological polar surface area (TPSA) is 127 Å². The van der Waals surface area contributed by atoms with Crippen LogP contribution in [-0.2, 0) is 19.2 Å². The number of amides is 1. The first kappa shape index (κ1) is 24.2. The summed E-state index contributed by atoms with van der Waals surface area (Å²) in [6.45, 7) is 2.56. The van der Waals surface area contributed by atoms with Crippen LogP contribution in [0.3, 0.4) is 0 Å². The number of nitrogens with two attached hydrogens (primary N) is 1. The van der Waals surface area contributed by atoms with E-state index in [1.165, 1.54) is 0 Å². The molecule has 0 fully saturated rings. The van der Waals surface area contributed by atoms with Crippen molar-refractivity contribution in [1.82, 2.24) is 5.32 Å². The van der Waals surface area contributed by atoms with Crippen LogP contribution in [0.4, 0.5) is 0 Å². The summed E-state index contributed by atoms with van der Waals surface area (Å²) in [6, 6.07) is -0.912. The SMILES string of the molecule is CCCCCC(=O)CCC(=O)CCCC(=O)N[C@@H](CCCCN)C(=O)O. The molecule has 1 atom stereocenters. The highest BCUT2D eigenvalue weighted by Crippen LogP contribution is 2.07. The summed E-state index contributed by atoms with van der Waals surface area (Å²) in [5.41, 5.74) is 5.37. The average Bonchev–Trinajstić information content (AvgIpc) is 2.59. The Hall–Kier alpha value is -1.76. The Labute approximate surface area is 156 Å². The molecule has 0 aromatic rings. The molecule has 0 aromatic heterocycles. The molecule has 7 nitrogen and oxygen atoms in total. The monoisotopic (exact) mass is 370 g/mol. The second-order valence-corrected chi connectivity index (χ2v) is 6.63. The normalized spacial score (nSPS) is 11.8. The van der Waals surface area contributed by atoms with Crippen LogP contribution in [0.2, 0.25) is 0 Å². The quantitative estimate of drug-likeness (QED) is 0.337. The fourth-order valence-electron chi connectivity index (χ4n) is 2.56. The number of nitrogens with one attached hydrogen (secondary N) is 1. The molecule has 4 N–H and O–H groups in total. The number of carbonyl (C=O) groups is 4. The van der Waals surface area contributed by atoms with Crippen LogP contribution >= 0.6 is 0 Å². The van der Waals surface area contributed by atoms with Gasteiger partial charge in [0.1, 0.15) is 17.6 Å². The summed E-state index contributed by atoms with van der Waals surface area (Å²) < 4.78 is 0. The molecule has 0 saturated carbocycles. The first-order valence-corrected chi connectivity index (χ1v) is 9.66. The van der Waals surface area contributed by atoms with Crippen molar-refractivity contribution in [2.24, 2.45) is 5.73 Å². The molecule has 7 heteroatoms. The van der Waals surface area contributed by atoms with Crippen molar-refractivity contribution in [3.05, 3.63) is 0 Å². The third-order valence-electron chi connectivity index (χ3n) is 4.18. The molecule has 0 saturated heterocycles. The van der Waals surface area contributed by atoms with Crippen molar-refractivity contribution < 1.29 is 24.3 Å². The zero-order chi connectivity index (χ0) is 19.8. The predicted molar refractivity (Wildman–Crippen MR) is 99.7 cm³/mol. The van der Waals surface area contributed by atoms with Gasteiger partial charge < -0.3 is 16.2 Å². The molecular formula is C19H34N2O5. The molecule has 0 aliphatic rings. The van der Waals surface area contributed by atoms with Crippen molar-refractivity contribution in [3.8, 4) is 0 Å². The average molecular weight is 370 g/mol. The van der Waals surface area contributed by atoms with E-state index in [1.807, 2.05) is 0 Å². The van der Waals surface area contributed by atoms with Gasteiger partial charge in [-0.25, -0.2) is 4.79 Å². The summed E-state index contributed by atoms with van der Waals surface area (Å²) >= 11 is 0. The number of ketones is 2. The van der Waals surface area contributed by atoms with Gasteiger partial charge in [0.2, 0.25) is 5.91 Å². The molecule has 0 unspecified atom stereocenters. The molecule has 0 bridgehead atoms. The molecule has 150 valence electrons. The third kappa shape index (κ3) is 13.5. The van der Waals surface area contributed by atoms with Crippen LogP contribution < -0.4 is 11.1 Å². The smallest absolute Gasteiger partial charge is 0.326 e. The lowest BCUT2D eigenvalue weighted by atomic mass is 10.0. The zero-order valence-corrected chi connectivity index (χ0v) is 15.9. The summed E-state index contributed by atoms with van der Waals surface area (Å²) in [4.78, 5) is 46.3. The third-order valence-corrected chi connectivity index (χ3v) is 4.18. The molecule has 0 aliphatic heterocycles. The minimum atomic E-state index is -1.06. The van der Waals surface area contributed by atoms with Crippen molar-refractivity contribution in [2.75, 3.05) is 6.54 Å². The zero-order valence-electron chi connectivity index (χ0n) is 15.9. The first-order valence-electron chi connectivity index (χ1n) is 9.66.